The lowest BCUT2D eigenvalue weighted by Crippen LogP contribution is -2.17. The predicted octanol–water partition coefficient (Wildman–Crippen LogP) is 2.96. The van der Waals surface area contributed by atoms with Crippen LogP contribution in [-0.4, -0.2) is 15.3 Å². The summed E-state index contributed by atoms with van der Waals surface area (Å²) in [5, 5.41) is 2.93. The fraction of sp³-hybridized carbons (Fsp3) is 0.467. The fourth-order valence-electron chi connectivity index (χ4n) is 3.05. The normalized spacial score (nSPS) is 20.4. The highest BCUT2D eigenvalue weighted by Crippen LogP contribution is 2.68. The van der Waals surface area contributed by atoms with Gasteiger partial charge in [-0.25, -0.2) is 4.98 Å². The molecule has 2 heterocycles. The Morgan fingerprint density at radius 2 is 1.95 bits per heavy atom. The molecule has 4 heteroatoms. The Hall–Kier alpha value is -1.84. The van der Waals surface area contributed by atoms with Gasteiger partial charge in [0.25, 0.3) is 0 Å². The third kappa shape index (κ3) is 1.66. The summed E-state index contributed by atoms with van der Waals surface area (Å²) < 4.78 is 1.90. The zero-order chi connectivity index (χ0) is 13.8. The lowest BCUT2D eigenvalue weighted by atomic mass is 10.0. The van der Waals surface area contributed by atoms with Crippen LogP contribution in [0.3, 0.4) is 0 Å². The number of anilines is 1. The van der Waals surface area contributed by atoms with E-state index in [2.05, 4.69) is 38.0 Å². The molecule has 3 rings (SSSR count). The van der Waals surface area contributed by atoms with Crippen LogP contribution in [0.2, 0.25) is 0 Å². The van der Waals surface area contributed by atoms with Crippen LogP contribution in [0.15, 0.2) is 30.6 Å². The molecule has 0 spiro atoms. The van der Waals surface area contributed by atoms with Crippen molar-refractivity contribution in [2.24, 2.45) is 16.7 Å². The van der Waals surface area contributed by atoms with Gasteiger partial charge in [-0.1, -0.05) is 33.8 Å². The van der Waals surface area contributed by atoms with E-state index in [0.717, 1.165) is 5.65 Å². The summed E-state index contributed by atoms with van der Waals surface area (Å²) in [7, 11) is 0. The van der Waals surface area contributed by atoms with E-state index in [4.69, 9.17) is 0 Å². The highest BCUT2D eigenvalue weighted by molar-refractivity contribution is 5.95. The van der Waals surface area contributed by atoms with Gasteiger partial charge in [-0.2, -0.15) is 0 Å². The maximum Gasteiger partial charge on any atom is 0.229 e. The van der Waals surface area contributed by atoms with Crippen molar-refractivity contribution in [3.05, 3.63) is 30.6 Å². The standard InChI is InChI=1S/C15H19N3O/c1-14(2)12(15(14,3)4)13(19)17-10-9-18-8-6-5-7-11(18)16-10/h5-9,12H,1-4H3,(H,17,19). The number of amides is 1. The van der Waals surface area contributed by atoms with Crippen LogP contribution in [0.1, 0.15) is 27.7 Å². The molecule has 0 aromatic carbocycles. The first-order valence-electron chi connectivity index (χ1n) is 6.58. The van der Waals surface area contributed by atoms with Crippen LogP contribution in [0.4, 0.5) is 5.82 Å². The molecule has 0 aliphatic heterocycles. The number of carbonyl (C=O) groups excluding carboxylic acids is 1. The number of pyridine rings is 1. The number of imidazole rings is 1. The summed E-state index contributed by atoms with van der Waals surface area (Å²) in [4.78, 5) is 16.7. The van der Waals surface area contributed by atoms with Gasteiger partial charge in [0.1, 0.15) is 5.65 Å². The molecule has 0 radical (unpaired) electrons. The van der Waals surface area contributed by atoms with Gasteiger partial charge in [0.05, 0.1) is 6.20 Å². The number of hydrogen-bond donors (Lipinski definition) is 1. The topological polar surface area (TPSA) is 46.4 Å². The van der Waals surface area contributed by atoms with E-state index < -0.39 is 0 Å². The molecular weight excluding hydrogens is 238 g/mol. The Balaban J connectivity index is 1.81. The molecule has 0 atom stereocenters. The summed E-state index contributed by atoms with van der Waals surface area (Å²) in [5.74, 6) is 0.734. The molecule has 4 nitrogen and oxygen atoms in total. The van der Waals surface area contributed by atoms with E-state index in [9.17, 15) is 4.79 Å². The second kappa shape index (κ2) is 3.59. The highest BCUT2D eigenvalue weighted by Gasteiger charge is 2.68. The molecule has 1 N–H and O–H groups in total. The van der Waals surface area contributed by atoms with Crippen molar-refractivity contribution >= 4 is 17.4 Å². The molecule has 2 aromatic rings. The minimum absolute atomic E-state index is 0.0461. The van der Waals surface area contributed by atoms with E-state index in [0.29, 0.717) is 5.82 Å². The molecule has 1 amide bonds. The minimum atomic E-state index is 0.0461. The van der Waals surface area contributed by atoms with Crippen LogP contribution in [-0.2, 0) is 4.79 Å². The van der Waals surface area contributed by atoms with Gasteiger partial charge in [-0.3, -0.25) is 4.79 Å². The van der Waals surface area contributed by atoms with E-state index in [1.54, 1.807) is 0 Å². The van der Waals surface area contributed by atoms with Gasteiger partial charge in [0, 0.05) is 12.1 Å². The van der Waals surface area contributed by atoms with Gasteiger partial charge >= 0.3 is 0 Å². The first kappa shape index (κ1) is 12.2. The number of fused-ring (bicyclic) bond motifs is 1. The first-order valence-corrected chi connectivity index (χ1v) is 6.58. The molecule has 100 valence electrons. The lowest BCUT2D eigenvalue weighted by Gasteiger charge is -2.03. The zero-order valence-electron chi connectivity index (χ0n) is 11.8. The van der Waals surface area contributed by atoms with Crippen LogP contribution < -0.4 is 5.32 Å². The molecule has 0 bridgehead atoms. The number of nitrogens with zero attached hydrogens (tertiary/aromatic N) is 2. The molecule has 0 saturated heterocycles. The average Bonchev–Trinajstić information content (AvgIpc) is 2.61. The van der Waals surface area contributed by atoms with Crippen molar-refractivity contribution in [3.63, 3.8) is 0 Å². The maximum absolute atomic E-state index is 12.3. The third-order valence-electron chi connectivity index (χ3n) is 4.90. The van der Waals surface area contributed by atoms with Crippen molar-refractivity contribution < 1.29 is 4.79 Å². The van der Waals surface area contributed by atoms with Gasteiger partial charge in [0.15, 0.2) is 5.82 Å². The Morgan fingerprint density at radius 3 is 2.53 bits per heavy atom. The summed E-state index contributed by atoms with van der Waals surface area (Å²) in [6, 6.07) is 5.79. The molecule has 0 unspecified atom stereocenters. The van der Waals surface area contributed by atoms with E-state index >= 15 is 0 Å². The smallest absolute Gasteiger partial charge is 0.229 e. The summed E-state index contributed by atoms with van der Waals surface area (Å²) >= 11 is 0. The molecule has 2 aromatic heterocycles. The molecule has 1 saturated carbocycles. The van der Waals surface area contributed by atoms with E-state index in [1.807, 2.05) is 35.0 Å². The van der Waals surface area contributed by atoms with E-state index in [1.165, 1.54) is 0 Å². The van der Waals surface area contributed by atoms with Gasteiger partial charge in [-0.15, -0.1) is 0 Å². The quantitative estimate of drug-likeness (QED) is 0.899. The van der Waals surface area contributed by atoms with Crippen molar-refractivity contribution in [1.82, 2.24) is 9.38 Å². The number of hydrogen-bond acceptors (Lipinski definition) is 2. The fourth-order valence-corrected chi connectivity index (χ4v) is 3.05. The van der Waals surface area contributed by atoms with Crippen molar-refractivity contribution in [2.45, 2.75) is 27.7 Å². The molecule has 1 aliphatic carbocycles. The van der Waals surface area contributed by atoms with Crippen molar-refractivity contribution in [2.75, 3.05) is 5.32 Å². The maximum atomic E-state index is 12.3. The molecule has 19 heavy (non-hydrogen) atoms. The lowest BCUT2D eigenvalue weighted by molar-refractivity contribution is -0.118. The van der Waals surface area contributed by atoms with Crippen LogP contribution in [0.25, 0.3) is 5.65 Å². The summed E-state index contributed by atoms with van der Waals surface area (Å²) in [5.41, 5.74) is 0.944. The van der Waals surface area contributed by atoms with Gasteiger partial charge < -0.3 is 9.72 Å². The number of aromatic nitrogens is 2. The highest BCUT2D eigenvalue weighted by atomic mass is 16.2. The second-order valence-electron chi connectivity index (χ2n) is 6.46. The predicted molar refractivity (Wildman–Crippen MR) is 74.9 cm³/mol. The summed E-state index contributed by atoms with van der Waals surface area (Å²) in [6.07, 6.45) is 3.76. The Morgan fingerprint density at radius 1 is 1.26 bits per heavy atom. The molecule has 1 aliphatic rings. The number of nitrogens with one attached hydrogen (secondary N) is 1. The average molecular weight is 257 g/mol. The Kier molecular flexibility index (Phi) is 2.31. The van der Waals surface area contributed by atoms with Gasteiger partial charge in [0.2, 0.25) is 5.91 Å². The van der Waals surface area contributed by atoms with Crippen LogP contribution in [0, 0.1) is 16.7 Å². The number of rotatable bonds is 2. The monoisotopic (exact) mass is 257 g/mol. The Labute approximate surface area is 112 Å². The first-order chi connectivity index (χ1) is 8.84. The van der Waals surface area contributed by atoms with Crippen molar-refractivity contribution in [1.29, 1.82) is 0 Å². The van der Waals surface area contributed by atoms with Crippen LogP contribution in [0.5, 0.6) is 0 Å². The number of carbonyl (C=O) groups is 1. The Bertz CT molecular complexity index is 607. The SMILES string of the molecule is CC1(C)C(C(=O)Nc2cn3ccccc3n2)C1(C)C. The zero-order valence-corrected chi connectivity index (χ0v) is 11.8. The largest absolute Gasteiger partial charge is 0.309 e. The van der Waals surface area contributed by atoms with E-state index in [-0.39, 0.29) is 22.7 Å². The molecule has 1 fully saturated rings. The van der Waals surface area contributed by atoms with Gasteiger partial charge in [-0.05, 0) is 23.0 Å². The summed E-state index contributed by atoms with van der Waals surface area (Å²) in [6.45, 7) is 8.56. The minimum Gasteiger partial charge on any atom is -0.309 e. The third-order valence-corrected chi connectivity index (χ3v) is 4.90. The van der Waals surface area contributed by atoms with Crippen molar-refractivity contribution in [3.8, 4) is 0 Å². The second-order valence-corrected chi connectivity index (χ2v) is 6.46. The van der Waals surface area contributed by atoms with Crippen LogP contribution >= 0.6 is 0 Å². The molecular formula is C15H19N3O.